The Bertz CT molecular complexity index is 514. The summed E-state index contributed by atoms with van der Waals surface area (Å²) in [5.41, 5.74) is 0. The molecule has 1 aromatic rings. The lowest BCUT2D eigenvalue weighted by Crippen LogP contribution is -2.46. The molecule has 2 aliphatic rings. The van der Waals surface area contributed by atoms with E-state index in [2.05, 4.69) is 20.4 Å². The van der Waals surface area contributed by atoms with Gasteiger partial charge in [0.25, 0.3) is 0 Å². The Kier molecular flexibility index (Phi) is 4.76. The highest BCUT2D eigenvalue weighted by atomic mass is 16.5. The Morgan fingerprint density at radius 2 is 2.23 bits per heavy atom. The molecule has 6 heteroatoms. The maximum atomic E-state index is 12.2. The van der Waals surface area contributed by atoms with Gasteiger partial charge >= 0.3 is 0 Å². The van der Waals surface area contributed by atoms with Crippen LogP contribution in [-0.4, -0.2) is 46.1 Å². The molecule has 0 aliphatic carbocycles. The van der Waals surface area contributed by atoms with Crippen LogP contribution in [0.15, 0.2) is 4.52 Å². The van der Waals surface area contributed by atoms with Crippen LogP contribution in [0.4, 0.5) is 0 Å². The SMILES string of the molecule is CC(C)c1noc(CCC(=O)NC2CCN3CCCCC23)n1. The number of nitrogens with zero attached hydrogens (tertiary/aromatic N) is 3. The van der Waals surface area contributed by atoms with Crippen molar-refractivity contribution in [3.05, 3.63) is 11.7 Å². The molecule has 2 atom stereocenters. The third-order valence-corrected chi connectivity index (χ3v) is 4.77. The van der Waals surface area contributed by atoms with Gasteiger partial charge in [-0.25, -0.2) is 0 Å². The van der Waals surface area contributed by atoms with Gasteiger partial charge < -0.3 is 9.84 Å². The third-order valence-electron chi connectivity index (χ3n) is 4.77. The number of nitrogens with one attached hydrogen (secondary N) is 1. The molecule has 0 spiro atoms. The molecule has 6 nitrogen and oxygen atoms in total. The lowest BCUT2D eigenvalue weighted by atomic mass is 9.99. The van der Waals surface area contributed by atoms with Crippen molar-refractivity contribution in [3.8, 4) is 0 Å². The van der Waals surface area contributed by atoms with E-state index in [0.717, 1.165) is 13.0 Å². The zero-order valence-electron chi connectivity index (χ0n) is 13.5. The van der Waals surface area contributed by atoms with E-state index in [1.807, 2.05) is 13.8 Å². The quantitative estimate of drug-likeness (QED) is 0.899. The Labute approximate surface area is 131 Å². The third kappa shape index (κ3) is 3.48. The molecule has 1 amide bonds. The molecule has 2 unspecified atom stereocenters. The lowest BCUT2D eigenvalue weighted by Gasteiger charge is -2.32. The van der Waals surface area contributed by atoms with E-state index in [0.29, 0.717) is 36.6 Å². The molecule has 2 aliphatic heterocycles. The van der Waals surface area contributed by atoms with Crippen LogP contribution in [-0.2, 0) is 11.2 Å². The summed E-state index contributed by atoms with van der Waals surface area (Å²) in [6, 6.07) is 0.871. The Morgan fingerprint density at radius 3 is 3.00 bits per heavy atom. The predicted octanol–water partition coefficient (Wildman–Crippen LogP) is 1.87. The number of carbonyl (C=O) groups excluding carboxylic acids is 1. The van der Waals surface area contributed by atoms with Gasteiger partial charge in [-0.15, -0.1) is 0 Å². The van der Waals surface area contributed by atoms with Crippen LogP contribution in [0.2, 0.25) is 0 Å². The summed E-state index contributed by atoms with van der Waals surface area (Å²) < 4.78 is 5.18. The maximum absolute atomic E-state index is 12.2. The summed E-state index contributed by atoms with van der Waals surface area (Å²) in [4.78, 5) is 19.0. The first-order valence-electron chi connectivity index (χ1n) is 8.49. The van der Waals surface area contributed by atoms with Crippen molar-refractivity contribution in [2.75, 3.05) is 13.1 Å². The smallest absolute Gasteiger partial charge is 0.227 e. The van der Waals surface area contributed by atoms with Gasteiger partial charge in [-0.1, -0.05) is 25.4 Å². The first kappa shape index (κ1) is 15.5. The van der Waals surface area contributed by atoms with Crippen LogP contribution >= 0.6 is 0 Å². The number of hydrogen-bond acceptors (Lipinski definition) is 5. The first-order valence-corrected chi connectivity index (χ1v) is 8.49. The summed E-state index contributed by atoms with van der Waals surface area (Å²) in [7, 11) is 0. The molecule has 2 fully saturated rings. The van der Waals surface area contributed by atoms with Crippen molar-refractivity contribution in [3.63, 3.8) is 0 Å². The van der Waals surface area contributed by atoms with Crippen LogP contribution < -0.4 is 5.32 Å². The van der Waals surface area contributed by atoms with Gasteiger partial charge in [-0.05, 0) is 25.8 Å². The lowest BCUT2D eigenvalue weighted by molar-refractivity contribution is -0.122. The van der Waals surface area contributed by atoms with Crippen molar-refractivity contribution in [1.82, 2.24) is 20.4 Å². The largest absolute Gasteiger partial charge is 0.352 e. The maximum Gasteiger partial charge on any atom is 0.227 e. The number of aryl methyl sites for hydroxylation is 1. The molecule has 22 heavy (non-hydrogen) atoms. The van der Waals surface area contributed by atoms with Crippen molar-refractivity contribution in [2.24, 2.45) is 0 Å². The standard InChI is InChI=1S/C16H26N4O2/c1-11(2)16-18-15(22-19-16)7-6-14(21)17-12-8-10-20-9-4-3-5-13(12)20/h11-13H,3-10H2,1-2H3,(H,17,21). The van der Waals surface area contributed by atoms with Crippen molar-refractivity contribution in [1.29, 1.82) is 0 Å². The minimum atomic E-state index is 0.0988. The minimum absolute atomic E-state index is 0.0988. The van der Waals surface area contributed by atoms with E-state index in [4.69, 9.17) is 4.52 Å². The average molecular weight is 306 g/mol. The van der Waals surface area contributed by atoms with E-state index >= 15 is 0 Å². The van der Waals surface area contributed by atoms with Gasteiger partial charge in [0, 0.05) is 37.4 Å². The number of hydrogen-bond donors (Lipinski definition) is 1. The molecule has 122 valence electrons. The number of amides is 1. The van der Waals surface area contributed by atoms with E-state index in [-0.39, 0.29) is 11.8 Å². The fourth-order valence-corrected chi connectivity index (χ4v) is 3.52. The Hall–Kier alpha value is -1.43. The average Bonchev–Trinajstić information content (AvgIpc) is 3.13. The van der Waals surface area contributed by atoms with Crippen LogP contribution in [0.25, 0.3) is 0 Å². The summed E-state index contributed by atoms with van der Waals surface area (Å²) in [6.07, 6.45) is 5.82. The number of rotatable bonds is 5. The zero-order chi connectivity index (χ0) is 15.5. The fourth-order valence-electron chi connectivity index (χ4n) is 3.52. The van der Waals surface area contributed by atoms with Crippen LogP contribution in [0, 0.1) is 0 Å². The summed E-state index contributed by atoms with van der Waals surface area (Å²) in [5, 5.41) is 7.13. The molecule has 1 N–H and O–H groups in total. The monoisotopic (exact) mass is 306 g/mol. The van der Waals surface area contributed by atoms with Gasteiger partial charge in [0.1, 0.15) is 0 Å². The molecular weight excluding hydrogens is 280 g/mol. The molecule has 1 aromatic heterocycles. The topological polar surface area (TPSA) is 71.3 Å². The van der Waals surface area contributed by atoms with E-state index in [1.165, 1.54) is 25.8 Å². The molecule has 0 bridgehead atoms. The van der Waals surface area contributed by atoms with Crippen molar-refractivity contribution < 1.29 is 9.32 Å². The van der Waals surface area contributed by atoms with E-state index < -0.39 is 0 Å². The number of piperidine rings is 1. The second kappa shape index (κ2) is 6.77. The van der Waals surface area contributed by atoms with Gasteiger partial charge in [-0.3, -0.25) is 9.69 Å². The molecule has 3 rings (SSSR count). The second-order valence-corrected chi connectivity index (χ2v) is 6.76. The molecule has 3 heterocycles. The molecular formula is C16H26N4O2. The Balaban J connectivity index is 1.46. The van der Waals surface area contributed by atoms with Crippen molar-refractivity contribution in [2.45, 2.75) is 70.4 Å². The fraction of sp³-hybridized carbons (Fsp3) is 0.812. The summed E-state index contributed by atoms with van der Waals surface area (Å²) >= 11 is 0. The molecule has 0 saturated carbocycles. The minimum Gasteiger partial charge on any atom is -0.352 e. The zero-order valence-corrected chi connectivity index (χ0v) is 13.5. The molecule has 0 aromatic carbocycles. The van der Waals surface area contributed by atoms with Crippen LogP contribution in [0.3, 0.4) is 0 Å². The highest BCUT2D eigenvalue weighted by molar-refractivity contribution is 5.76. The normalized spacial score (nSPS) is 25.4. The van der Waals surface area contributed by atoms with E-state index in [1.54, 1.807) is 0 Å². The van der Waals surface area contributed by atoms with Gasteiger partial charge in [0.15, 0.2) is 5.82 Å². The predicted molar refractivity (Wildman–Crippen MR) is 82.5 cm³/mol. The van der Waals surface area contributed by atoms with Gasteiger partial charge in [-0.2, -0.15) is 4.98 Å². The second-order valence-electron chi connectivity index (χ2n) is 6.76. The highest BCUT2D eigenvalue weighted by Crippen LogP contribution is 2.27. The van der Waals surface area contributed by atoms with Gasteiger partial charge in [0.05, 0.1) is 0 Å². The molecule has 2 saturated heterocycles. The van der Waals surface area contributed by atoms with Crippen LogP contribution in [0.1, 0.15) is 63.6 Å². The molecule has 0 radical (unpaired) electrons. The van der Waals surface area contributed by atoms with Crippen LogP contribution in [0.5, 0.6) is 0 Å². The summed E-state index contributed by atoms with van der Waals surface area (Å²) in [5.74, 6) is 1.62. The number of aromatic nitrogens is 2. The summed E-state index contributed by atoms with van der Waals surface area (Å²) in [6.45, 7) is 6.36. The van der Waals surface area contributed by atoms with E-state index in [9.17, 15) is 4.79 Å². The van der Waals surface area contributed by atoms with Gasteiger partial charge in [0.2, 0.25) is 11.8 Å². The highest BCUT2D eigenvalue weighted by Gasteiger charge is 2.36. The number of fused-ring (bicyclic) bond motifs is 1. The first-order chi connectivity index (χ1) is 10.6. The van der Waals surface area contributed by atoms with Crippen molar-refractivity contribution >= 4 is 5.91 Å². The Morgan fingerprint density at radius 1 is 1.36 bits per heavy atom. The number of carbonyl (C=O) groups is 1.